The number of nitrogens with one attached hydrogen (secondary N) is 1. The first-order valence-electron chi connectivity index (χ1n) is 7.35. The number of ether oxygens (including phenoxy) is 1. The van der Waals surface area contributed by atoms with Crippen LogP contribution in [0.15, 0.2) is 33.5 Å². The molecule has 0 atom stereocenters. The zero-order valence-electron chi connectivity index (χ0n) is 13.3. The van der Waals surface area contributed by atoms with E-state index >= 15 is 0 Å². The van der Waals surface area contributed by atoms with Crippen molar-refractivity contribution in [3.63, 3.8) is 0 Å². The third kappa shape index (κ3) is 4.42. The minimum absolute atomic E-state index is 0.219. The number of amides is 1. The highest BCUT2D eigenvalue weighted by atomic mass is 16.5. The van der Waals surface area contributed by atoms with Gasteiger partial charge in [0.25, 0.3) is 5.91 Å². The Morgan fingerprint density at radius 3 is 2.70 bits per heavy atom. The fourth-order valence-electron chi connectivity index (χ4n) is 1.94. The Labute approximate surface area is 133 Å². The lowest BCUT2D eigenvalue weighted by atomic mass is 10.1. The highest BCUT2D eigenvalue weighted by molar-refractivity contribution is 5.90. The van der Waals surface area contributed by atoms with E-state index in [0.717, 1.165) is 11.6 Å². The number of carbonyl (C=O) groups excluding carboxylic acids is 2. The van der Waals surface area contributed by atoms with Crippen molar-refractivity contribution < 1.29 is 18.7 Å². The van der Waals surface area contributed by atoms with Crippen molar-refractivity contribution in [2.45, 2.75) is 20.8 Å². The van der Waals surface area contributed by atoms with E-state index in [1.54, 1.807) is 18.2 Å². The molecular formula is C17H19NO5. The van der Waals surface area contributed by atoms with Gasteiger partial charge >= 0.3 is 5.97 Å². The number of fused-ring (bicyclic) bond motifs is 1. The van der Waals surface area contributed by atoms with Crippen LogP contribution >= 0.6 is 0 Å². The van der Waals surface area contributed by atoms with Crippen LogP contribution in [-0.2, 0) is 9.53 Å². The summed E-state index contributed by atoms with van der Waals surface area (Å²) in [4.78, 5) is 35.5. The second-order valence-electron chi connectivity index (χ2n) is 5.75. The van der Waals surface area contributed by atoms with Crippen LogP contribution in [-0.4, -0.2) is 25.0 Å². The quantitative estimate of drug-likeness (QED) is 0.853. The lowest BCUT2D eigenvalue weighted by molar-refractivity contribution is -0.124. The van der Waals surface area contributed by atoms with Gasteiger partial charge in [-0.25, -0.2) is 4.79 Å². The number of rotatable bonds is 5. The van der Waals surface area contributed by atoms with E-state index in [1.165, 1.54) is 0 Å². The molecule has 0 aliphatic heterocycles. The highest BCUT2D eigenvalue weighted by Gasteiger charge is 2.15. The van der Waals surface area contributed by atoms with Crippen molar-refractivity contribution in [3.05, 3.63) is 45.8 Å². The van der Waals surface area contributed by atoms with Crippen molar-refractivity contribution in [1.82, 2.24) is 5.32 Å². The van der Waals surface area contributed by atoms with E-state index in [9.17, 15) is 14.4 Å². The summed E-state index contributed by atoms with van der Waals surface area (Å²) < 4.78 is 10.2. The fourth-order valence-corrected chi connectivity index (χ4v) is 1.94. The van der Waals surface area contributed by atoms with E-state index < -0.39 is 18.5 Å². The second-order valence-corrected chi connectivity index (χ2v) is 5.75. The SMILES string of the molecule is Cc1ccc2oc(C(=O)OCC(=O)NCC(C)C)cc(=O)c2c1. The average molecular weight is 317 g/mol. The average Bonchev–Trinajstić information content (AvgIpc) is 2.51. The van der Waals surface area contributed by atoms with Gasteiger partial charge in [-0.15, -0.1) is 0 Å². The molecule has 0 aliphatic carbocycles. The summed E-state index contributed by atoms with van der Waals surface area (Å²) >= 11 is 0. The monoisotopic (exact) mass is 317 g/mol. The Morgan fingerprint density at radius 1 is 1.26 bits per heavy atom. The Kier molecular flexibility index (Phi) is 5.16. The summed E-state index contributed by atoms with van der Waals surface area (Å²) in [6.07, 6.45) is 0. The minimum Gasteiger partial charge on any atom is -0.450 e. The van der Waals surface area contributed by atoms with Gasteiger partial charge in [0.1, 0.15) is 5.58 Å². The van der Waals surface area contributed by atoms with E-state index in [1.807, 2.05) is 20.8 Å². The van der Waals surface area contributed by atoms with Crippen molar-refractivity contribution in [2.24, 2.45) is 5.92 Å². The maximum atomic E-state index is 12.0. The number of benzene rings is 1. The highest BCUT2D eigenvalue weighted by Crippen LogP contribution is 2.14. The molecule has 6 heteroatoms. The van der Waals surface area contributed by atoms with E-state index in [4.69, 9.17) is 9.15 Å². The molecule has 0 fully saturated rings. The lowest BCUT2D eigenvalue weighted by Gasteiger charge is -2.08. The summed E-state index contributed by atoms with van der Waals surface area (Å²) in [5.74, 6) is -1.16. The molecule has 1 amide bonds. The van der Waals surface area contributed by atoms with Gasteiger partial charge in [0.2, 0.25) is 5.76 Å². The molecule has 2 rings (SSSR count). The topological polar surface area (TPSA) is 85.6 Å². The summed E-state index contributed by atoms with van der Waals surface area (Å²) in [6.45, 7) is 5.86. The molecule has 0 saturated carbocycles. The summed E-state index contributed by atoms with van der Waals surface area (Å²) in [6, 6.07) is 6.17. The molecule has 0 bridgehead atoms. The van der Waals surface area contributed by atoms with Crippen molar-refractivity contribution >= 4 is 22.8 Å². The van der Waals surface area contributed by atoms with E-state index in [0.29, 0.717) is 23.4 Å². The molecule has 6 nitrogen and oxygen atoms in total. The zero-order chi connectivity index (χ0) is 17.0. The Morgan fingerprint density at radius 2 is 2.00 bits per heavy atom. The van der Waals surface area contributed by atoms with Gasteiger partial charge in [0, 0.05) is 12.6 Å². The van der Waals surface area contributed by atoms with E-state index in [-0.39, 0.29) is 11.2 Å². The van der Waals surface area contributed by atoms with Gasteiger partial charge in [-0.1, -0.05) is 25.5 Å². The fraction of sp³-hybridized carbons (Fsp3) is 0.353. The van der Waals surface area contributed by atoms with Crippen LogP contribution in [0.4, 0.5) is 0 Å². The molecular weight excluding hydrogens is 298 g/mol. The Bertz CT molecular complexity index is 791. The Hall–Kier alpha value is -2.63. The van der Waals surface area contributed by atoms with Gasteiger partial charge in [-0.3, -0.25) is 9.59 Å². The van der Waals surface area contributed by atoms with E-state index in [2.05, 4.69) is 5.32 Å². The van der Waals surface area contributed by atoms with Crippen LogP contribution in [0.3, 0.4) is 0 Å². The normalized spacial score (nSPS) is 10.8. The van der Waals surface area contributed by atoms with Gasteiger partial charge in [-0.2, -0.15) is 0 Å². The van der Waals surface area contributed by atoms with Crippen LogP contribution in [0.5, 0.6) is 0 Å². The van der Waals surface area contributed by atoms with Gasteiger partial charge in [-0.05, 0) is 25.0 Å². The van der Waals surface area contributed by atoms with Gasteiger partial charge in [0.15, 0.2) is 12.0 Å². The van der Waals surface area contributed by atoms with Crippen LogP contribution in [0, 0.1) is 12.8 Å². The molecule has 0 saturated heterocycles. The number of hydrogen-bond acceptors (Lipinski definition) is 5. The van der Waals surface area contributed by atoms with Crippen LogP contribution in [0.25, 0.3) is 11.0 Å². The molecule has 1 aromatic heterocycles. The number of aryl methyl sites for hydroxylation is 1. The predicted octanol–water partition coefficient (Wildman–Crippen LogP) is 2.03. The van der Waals surface area contributed by atoms with Gasteiger partial charge < -0.3 is 14.5 Å². The minimum atomic E-state index is -0.843. The molecule has 1 heterocycles. The lowest BCUT2D eigenvalue weighted by Crippen LogP contribution is -2.31. The maximum Gasteiger partial charge on any atom is 0.374 e. The Balaban J connectivity index is 2.08. The number of carbonyl (C=O) groups is 2. The first-order valence-corrected chi connectivity index (χ1v) is 7.35. The second kappa shape index (κ2) is 7.09. The maximum absolute atomic E-state index is 12.0. The standard InChI is InChI=1S/C17H19NO5/c1-10(2)8-18-16(20)9-22-17(21)15-7-13(19)12-6-11(3)4-5-14(12)23-15/h4-7,10H,8-9H2,1-3H3,(H,18,20). The van der Waals surface area contributed by atoms with Crippen LogP contribution < -0.4 is 10.7 Å². The predicted molar refractivity (Wildman–Crippen MR) is 85.4 cm³/mol. The summed E-state index contributed by atoms with van der Waals surface area (Å²) in [5, 5.41) is 3.03. The molecule has 23 heavy (non-hydrogen) atoms. The van der Waals surface area contributed by atoms with Crippen molar-refractivity contribution in [2.75, 3.05) is 13.2 Å². The first-order chi connectivity index (χ1) is 10.9. The molecule has 1 N–H and O–H groups in total. The van der Waals surface area contributed by atoms with Crippen LogP contribution in [0.1, 0.15) is 30.0 Å². The molecule has 1 aromatic carbocycles. The number of hydrogen-bond donors (Lipinski definition) is 1. The third-order valence-electron chi connectivity index (χ3n) is 3.13. The van der Waals surface area contributed by atoms with Crippen molar-refractivity contribution in [3.8, 4) is 0 Å². The molecule has 122 valence electrons. The number of esters is 1. The third-order valence-corrected chi connectivity index (χ3v) is 3.13. The smallest absolute Gasteiger partial charge is 0.374 e. The summed E-state index contributed by atoms with van der Waals surface area (Å²) in [5.41, 5.74) is 0.896. The largest absolute Gasteiger partial charge is 0.450 e. The molecule has 0 spiro atoms. The molecule has 0 aliphatic rings. The summed E-state index contributed by atoms with van der Waals surface area (Å²) in [7, 11) is 0. The van der Waals surface area contributed by atoms with Crippen molar-refractivity contribution in [1.29, 1.82) is 0 Å². The van der Waals surface area contributed by atoms with Crippen LogP contribution in [0.2, 0.25) is 0 Å². The molecule has 2 aromatic rings. The first kappa shape index (κ1) is 16.7. The molecule has 0 unspecified atom stereocenters. The van der Waals surface area contributed by atoms with Gasteiger partial charge in [0.05, 0.1) is 5.39 Å². The zero-order valence-corrected chi connectivity index (χ0v) is 13.3. The molecule has 0 radical (unpaired) electrons.